The minimum absolute atomic E-state index is 0.318. The molecule has 2 nitrogen and oxygen atoms in total. The summed E-state index contributed by atoms with van der Waals surface area (Å²) in [5.41, 5.74) is 1.05. The van der Waals surface area contributed by atoms with Crippen molar-refractivity contribution >= 4 is 0 Å². The summed E-state index contributed by atoms with van der Waals surface area (Å²) in [6.45, 7) is 4.52. The molecule has 2 unspecified atom stereocenters. The average molecular weight is 261 g/mol. The van der Waals surface area contributed by atoms with Crippen molar-refractivity contribution in [2.45, 2.75) is 57.6 Å². The van der Waals surface area contributed by atoms with E-state index < -0.39 is 0 Å². The maximum atomic E-state index is 10.3. The number of rotatable bonds is 5. The zero-order valence-corrected chi connectivity index (χ0v) is 12.1. The summed E-state index contributed by atoms with van der Waals surface area (Å²) in [6, 6.07) is 10.8. The molecular formula is C17H27NO. The van der Waals surface area contributed by atoms with Gasteiger partial charge >= 0.3 is 0 Å². The Morgan fingerprint density at radius 1 is 1.21 bits per heavy atom. The molecule has 2 heteroatoms. The van der Waals surface area contributed by atoms with E-state index in [9.17, 15) is 5.11 Å². The van der Waals surface area contributed by atoms with Gasteiger partial charge in [-0.05, 0) is 37.8 Å². The molecule has 1 aliphatic heterocycles. The van der Waals surface area contributed by atoms with Crippen LogP contribution in [-0.2, 0) is 0 Å². The Morgan fingerprint density at radius 3 is 2.74 bits per heavy atom. The van der Waals surface area contributed by atoms with Gasteiger partial charge < -0.3 is 10.0 Å². The Kier molecular flexibility index (Phi) is 5.87. The fourth-order valence-electron chi connectivity index (χ4n) is 3.12. The van der Waals surface area contributed by atoms with E-state index in [4.69, 9.17) is 0 Å². The van der Waals surface area contributed by atoms with Crippen molar-refractivity contribution in [1.82, 2.24) is 4.90 Å². The SMILES string of the molecule is CCC1CCCCCN1CCC(O)c1ccccc1. The fourth-order valence-corrected chi connectivity index (χ4v) is 3.12. The summed E-state index contributed by atoms with van der Waals surface area (Å²) in [5, 5.41) is 10.3. The van der Waals surface area contributed by atoms with Gasteiger partial charge in [-0.1, -0.05) is 50.1 Å². The van der Waals surface area contributed by atoms with Gasteiger partial charge in [0.15, 0.2) is 0 Å². The minimum Gasteiger partial charge on any atom is -0.388 e. The van der Waals surface area contributed by atoms with Gasteiger partial charge in [0.25, 0.3) is 0 Å². The van der Waals surface area contributed by atoms with Gasteiger partial charge in [0.2, 0.25) is 0 Å². The first-order valence-corrected chi connectivity index (χ1v) is 7.78. The van der Waals surface area contributed by atoms with Gasteiger partial charge in [-0.15, -0.1) is 0 Å². The molecular weight excluding hydrogens is 234 g/mol. The quantitative estimate of drug-likeness (QED) is 0.872. The first-order valence-electron chi connectivity index (χ1n) is 7.78. The Hall–Kier alpha value is -0.860. The van der Waals surface area contributed by atoms with Gasteiger partial charge in [0, 0.05) is 12.6 Å². The Balaban J connectivity index is 1.86. The highest BCUT2D eigenvalue weighted by atomic mass is 16.3. The third-order valence-electron chi connectivity index (χ3n) is 4.34. The van der Waals surface area contributed by atoms with E-state index in [2.05, 4.69) is 11.8 Å². The van der Waals surface area contributed by atoms with E-state index in [1.54, 1.807) is 0 Å². The van der Waals surface area contributed by atoms with Crippen molar-refractivity contribution in [2.75, 3.05) is 13.1 Å². The highest BCUT2D eigenvalue weighted by Crippen LogP contribution is 2.22. The molecule has 2 rings (SSSR count). The molecule has 0 amide bonds. The average Bonchev–Trinajstić information content (AvgIpc) is 2.70. The van der Waals surface area contributed by atoms with Crippen LogP contribution in [0, 0.1) is 0 Å². The number of benzene rings is 1. The van der Waals surface area contributed by atoms with Crippen LogP contribution in [0.5, 0.6) is 0 Å². The smallest absolute Gasteiger partial charge is 0.0802 e. The maximum Gasteiger partial charge on any atom is 0.0802 e. The lowest BCUT2D eigenvalue weighted by Gasteiger charge is -2.29. The lowest BCUT2D eigenvalue weighted by molar-refractivity contribution is 0.122. The molecule has 1 aromatic carbocycles. The molecule has 2 atom stereocenters. The molecule has 1 saturated heterocycles. The molecule has 106 valence electrons. The highest BCUT2D eigenvalue weighted by molar-refractivity contribution is 5.17. The lowest BCUT2D eigenvalue weighted by Crippen LogP contribution is -2.35. The summed E-state index contributed by atoms with van der Waals surface area (Å²) in [7, 11) is 0. The predicted octanol–water partition coefficient (Wildman–Crippen LogP) is 3.76. The standard InChI is InChI=1S/C17H27NO/c1-2-16-11-7-4-8-13-18(16)14-12-17(19)15-9-5-3-6-10-15/h3,5-6,9-10,16-17,19H,2,4,7-8,11-14H2,1H3. The molecule has 19 heavy (non-hydrogen) atoms. The maximum absolute atomic E-state index is 10.3. The summed E-state index contributed by atoms with van der Waals surface area (Å²) in [4.78, 5) is 2.60. The van der Waals surface area contributed by atoms with Crippen LogP contribution in [0.15, 0.2) is 30.3 Å². The van der Waals surface area contributed by atoms with E-state index in [1.807, 2.05) is 30.3 Å². The molecule has 1 heterocycles. The molecule has 0 bridgehead atoms. The number of nitrogens with zero attached hydrogens (tertiary/aromatic N) is 1. The van der Waals surface area contributed by atoms with Crippen LogP contribution in [0.1, 0.15) is 57.1 Å². The van der Waals surface area contributed by atoms with Gasteiger partial charge in [-0.3, -0.25) is 0 Å². The monoisotopic (exact) mass is 261 g/mol. The highest BCUT2D eigenvalue weighted by Gasteiger charge is 2.20. The van der Waals surface area contributed by atoms with E-state index in [0.717, 1.165) is 24.6 Å². The van der Waals surface area contributed by atoms with Crippen LogP contribution in [-0.4, -0.2) is 29.1 Å². The molecule has 0 spiro atoms. The summed E-state index contributed by atoms with van der Waals surface area (Å²) in [6.07, 6.45) is 7.16. The predicted molar refractivity (Wildman–Crippen MR) is 80.1 cm³/mol. The first kappa shape index (κ1) is 14.5. The third kappa shape index (κ3) is 4.32. The number of aliphatic hydroxyl groups excluding tert-OH is 1. The van der Waals surface area contributed by atoms with Crippen LogP contribution in [0.4, 0.5) is 0 Å². The van der Waals surface area contributed by atoms with Crippen LogP contribution in [0.25, 0.3) is 0 Å². The van der Waals surface area contributed by atoms with E-state index in [0.29, 0.717) is 0 Å². The second-order valence-corrected chi connectivity index (χ2v) is 5.66. The van der Waals surface area contributed by atoms with Gasteiger partial charge in [-0.2, -0.15) is 0 Å². The van der Waals surface area contributed by atoms with Crippen LogP contribution in [0.3, 0.4) is 0 Å². The van der Waals surface area contributed by atoms with Crippen molar-refractivity contribution in [2.24, 2.45) is 0 Å². The minimum atomic E-state index is -0.318. The molecule has 0 aliphatic carbocycles. The first-order chi connectivity index (χ1) is 9.31. The molecule has 1 aliphatic rings. The van der Waals surface area contributed by atoms with Crippen molar-refractivity contribution in [3.63, 3.8) is 0 Å². The number of hydrogen-bond acceptors (Lipinski definition) is 2. The molecule has 0 radical (unpaired) electrons. The van der Waals surface area contributed by atoms with Crippen molar-refractivity contribution in [3.05, 3.63) is 35.9 Å². The zero-order valence-electron chi connectivity index (χ0n) is 12.1. The number of hydrogen-bond donors (Lipinski definition) is 1. The zero-order chi connectivity index (χ0) is 13.5. The van der Waals surface area contributed by atoms with E-state index in [1.165, 1.54) is 38.6 Å². The van der Waals surface area contributed by atoms with E-state index >= 15 is 0 Å². The summed E-state index contributed by atoms with van der Waals surface area (Å²) < 4.78 is 0. The Morgan fingerprint density at radius 2 is 2.00 bits per heavy atom. The summed E-state index contributed by atoms with van der Waals surface area (Å²) in [5.74, 6) is 0. The van der Waals surface area contributed by atoms with Crippen LogP contribution in [0.2, 0.25) is 0 Å². The van der Waals surface area contributed by atoms with Crippen LogP contribution < -0.4 is 0 Å². The number of likely N-dealkylation sites (tertiary alicyclic amines) is 1. The normalized spacial score (nSPS) is 22.9. The molecule has 0 aromatic heterocycles. The molecule has 1 N–H and O–H groups in total. The largest absolute Gasteiger partial charge is 0.388 e. The van der Waals surface area contributed by atoms with E-state index in [-0.39, 0.29) is 6.10 Å². The topological polar surface area (TPSA) is 23.5 Å². The van der Waals surface area contributed by atoms with Crippen molar-refractivity contribution in [3.8, 4) is 0 Å². The second kappa shape index (κ2) is 7.66. The van der Waals surface area contributed by atoms with Gasteiger partial charge in [-0.25, -0.2) is 0 Å². The number of aliphatic hydroxyl groups is 1. The lowest BCUT2D eigenvalue weighted by atomic mass is 10.0. The Labute approximate surface area is 117 Å². The Bertz CT molecular complexity index is 352. The van der Waals surface area contributed by atoms with Crippen molar-refractivity contribution < 1.29 is 5.11 Å². The van der Waals surface area contributed by atoms with Gasteiger partial charge in [0.05, 0.1) is 6.10 Å². The van der Waals surface area contributed by atoms with Crippen LogP contribution >= 0.6 is 0 Å². The third-order valence-corrected chi connectivity index (χ3v) is 4.34. The van der Waals surface area contributed by atoms with Gasteiger partial charge in [0.1, 0.15) is 0 Å². The molecule has 1 aromatic rings. The van der Waals surface area contributed by atoms with Crippen molar-refractivity contribution in [1.29, 1.82) is 0 Å². The fraction of sp³-hybridized carbons (Fsp3) is 0.647. The molecule has 0 saturated carbocycles. The molecule has 1 fully saturated rings. The second-order valence-electron chi connectivity index (χ2n) is 5.66. The summed E-state index contributed by atoms with van der Waals surface area (Å²) >= 11 is 0.